The van der Waals surface area contributed by atoms with Crippen molar-refractivity contribution in [1.82, 2.24) is 5.32 Å². The maximum Gasteiger partial charge on any atom is 0.321 e. The fourth-order valence-electron chi connectivity index (χ4n) is 1.55. The van der Waals surface area contributed by atoms with Gasteiger partial charge < -0.3 is 19.5 Å². The van der Waals surface area contributed by atoms with E-state index in [0.717, 1.165) is 0 Å². The predicted octanol–water partition coefficient (Wildman–Crippen LogP) is 1.37. The molecular formula is C13H16BrNO5. The third kappa shape index (κ3) is 3.86. The van der Waals surface area contributed by atoms with Crippen molar-refractivity contribution in [2.45, 2.75) is 4.83 Å². The van der Waals surface area contributed by atoms with Crippen molar-refractivity contribution in [3.05, 3.63) is 23.8 Å². The fraction of sp³-hybridized carbons (Fsp3) is 0.385. The lowest BCUT2D eigenvalue weighted by Crippen LogP contribution is -2.34. The first-order valence-electron chi connectivity index (χ1n) is 5.76. The van der Waals surface area contributed by atoms with Crippen LogP contribution in [0.1, 0.15) is 10.4 Å². The highest BCUT2D eigenvalue weighted by Gasteiger charge is 2.19. The molecule has 0 fully saturated rings. The van der Waals surface area contributed by atoms with E-state index in [1.54, 1.807) is 18.2 Å². The van der Waals surface area contributed by atoms with Crippen LogP contribution in [0.4, 0.5) is 0 Å². The molecule has 110 valence electrons. The van der Waals surface area contributed by atoms with Gasteiger partial charge in [-0.25, -0.2) is 0 Å². The molecule has 6 nitrogen and oxygen atoms in total. The van der Waals surface area contributed by atoms with Crippen LogP contribution in [0.15, 0.2) is 18.2 Å². The Morgan fingerprint density at radius 2 is 1.95 bits per heavy atom. The Morgan fingerprint density at radius 3 is 2.50 bits per heavy atom. The molecule has 1 atom stereocenters. The summed E-state index contributed by atoms with van der Waals surface area (Å²) in [6.07, 6.45) is 0. The van der Waals surface area contributed by atoms with E-state index in [1.165, 1.54) is 21.3 Å². The number of methoxy groups -OCH3 is 3. The van der Waals surface area contributed by atoms with Crippen molar-refractivity contribution >= 4 is 27.8 Å². The minimum absolute atomic E-state index is 0.103. The van der Waals surface area contributed by atoms with E-state index >= 15 is 0 Å². The minimum Gasteiger partial charge on any atom is -0.493 e. The fourth-order valence-corrected chi connectivity index (χ4v) is 1.90. The van der Waals surface area contributed by atoms with Crippen LogP contribution in [0.5, 0.6) is 11.5 Å². The van der Waals surface area contributed by atoms with Crippen molar-refractivity contribution in [3.8, 4) is 11.5 Å². The average Bonchev–Trinajstić information content (AvgIpc) is 2.50. The number of rotatable bonds is 6. The summed E-state index contributed by atoms with van der Waals surface area (Å²) in [6.45, 7) is 0.103. The quantitative estimate of drug-likeness (QED) is 0.622. The van der Waals surface area contributed by atoms with Gasteiger partial charge in [0.15, 0.2) is 11.5 Å². The van der Waals surface area contributed by atoms with Gasteiger partial charge in [0.2, 0.25) is 0 Å². The molecule has 1 unspecified atom stereocenters. The number of hydrogen-bond donors (Lipinski definition) is 1. The smallest absolute Gasteiger partial charge is 0.321 e. The predicted molar refractivity (Wildman–Crippen MR) is 76.6 cm³/mol. The first kappa shape index (κ1) is 16.3. The molecule has 0 radical (unpaired) electrons. The molecule has 0 saturated carbocycles. The van der Waals surface area contributed by atoms with Gasteiger partial charge >= 0.3 is 5.97 Å². The number of nitrogens with one attached hydrogen (secondary N) is 1. The van der Waals surface area contributed by atoms with Gasteiger partial charge in [-0.15, -0.1) is 0 Å². The van der Waals surface area contributed by atoms with Gasteiger partial charge in [0.25, 0.3) is 5.91 Å². The summed E-state index contributed by atoms with van der Waals surface area (Å²) in [5.41, 5.74) is 0.330. The molecule has 0 aliphatic carbocycles. The van der Waals surface area contributed by atoms with Crippen LogP contribution in [-0.2, 0) is 9.53 Å². The topological polar surface area (TPSA) is 73.9 Å². The molecule has 7 heteroatoms. The standard InChI is InChI=1S/C13H16BrNO5/c1-18-10-6-4-5-8(11(10)19-2)12(16)15-7-9(14)13(17)20-3/h4-6,9H,7H2,1-3H3,(H,15,16). The molecule has 0 bridgehead atoms. The molecule has 0 aromatic heterocycles. The Balaban J connectivity index is 2.80. The van der Waals surface area contributed by atoms with E-state index in [2.05, 4.69) is 26.0 Å². The van der Waals surface area contributed by atoms with Crippen molar-refractivity contribution in [2.24, 2.45) is 0 Å². The molecular weight excluding hydrogens is 330 g/mol. The zero-order valence-corrected chi connectivity index (χ0v) is 13.0. The molecule has 0 heterocycles. The highest BCUT2D eigenvalue weighted by Crippen LogP contribution is 2.30. The SMILES string of the molecule is COC(=O)C(Br)CNC(=O)c1cccc(OC)c1OC. The van der Waals surface area contributed by atoms with E-state index in [-0.39, 0.29) is 12.5 Å². The summed E-state index contributed by atoms with van der Waals surface area (Å²) in [5, 5.41) is 2.62. The molecule has 1 amide bonds. The van der Waals surface area contributed by atoms with E-state index in [0.29, 0.717) is 17.1 Å². The maximum atomic E-state index is 12.1. The first-order valence-corrected chi connectivity index (χ1v) is 6.67. The zero-order chi connectivity index (χ0) is 15.1. The van der Waals surface area contributed by atoms with Gasteiger partial charge in [-0.3, -0.25) is 9.59 Å². The van der Waals surface area contributed by atoms with Gasteiger partial charge in [-0.05, 0) is 12.1 Å². The Labute approximate surface area is 125 Å². The summed E-state index contributed by atoms with van der Waals surface area (Å²) >= 11 is 3.12. The third-order valence-corrected chi connectivity index (χ3v) is 3.24. The van der Waals surface area contributed by atoms with Crippen LogP contribution in [-0.4, -0.2) is 44.6 Å². The molecule has 1 aromatic carbocycles. The van der Waals surface area contributed by atoms with E-state index in [4.69, 9.17) is 9.47 Å². The van der Waals surface area contributed by atoms with Crippen LogP contribution in [0.2, 0.25) is 0 Å². The first-order chi connectivity index (χ1) is 9.54. The van der Waals surface area contributed by atoms with Gasteiger partial charge in [-0.2, -0.15) is 0 Å². The van der Waals surface area contributed by atoms with Crippen molar-refractivity contribution < 1.29 is 23.8 Å². The second-order valence-corrected chi connectivity index (χ2v) is 4.85. The van der Waals surface area contributed by atoms with Crippen LogP contribution in [0.25, 0.3) is 0 Å². The van der Waals surface area contributed by atoms with Gasteiger partial charge in [0, 0.05) is 6.54 Å². The Bertz CT molecular complexity index is 492. The number of alkyl halides is 1. The van der Waals surface area contributed by atoms with Crippen LogP contribution < -0.4 is 14.8 Å². The van der Waals surface area contributed by atoms with E-state index in [1.807, 2.05) is 0 Å². The number of halogens is 1. The van der Waals surface area contributed by atoms with Gasteiger partial charge in [0.05, 0.1) is 26.9 Å². The summed E-state index contributed by atoms with van der Waals surface area (Å²) in [6, 6.07) is 4.98. The third-order valence-electron chi connectivity index (χ3n) is 2.55. The number of benzene rings is 1. The van der Waals surface area contributed by atoms with E-state index < -0.39 is 10.8 Å². The second-order valence-electron chi connectivity index (χ2n) is 3.74. The summed E-state index contributed by atoms with van der Waals surface area (Å²) in [4.78, 5) is 22.7. The van der Waals surface area contributed by atoms with E-state index in [9.17, 15) is 9.59 Å². The van der Waals surface area contributed by atoms with Crippen LogP contribution in [0.3, 0.4) is 0 Å². The molecule has 0 saturated heterocycles. The molecule has 1 rings (SSSR count). The lowest BCUT2D eigenvalue weighted by atomic mass is 10.1. The van der Waals surface area contributed by atoms with Gasteiger partial charge in [0.1, 0.15) is 4.83 Å². The lowest BCUT2D eigenvalue weighted by Gasteiger charge is -2.13. The number of carbonyl (C=O) groups is 2. The molecule has 1 aromatic rings. The van der Waals surface area contributed by atoms with Crippen LogP contribution in [0, 0.1) is 0 Å². The Hall–Kier alpha value is -1.76. The number of esters is 1. The molecule has 1 N–H and O–H groups in total. The Morgan fingerprint density at radius 1 is 1.25 bits per heavy atom. The number of hydrogen-bond acceptors (Lipinski definition) is 5. The summed E-state index contributed by atoms with van der Waals surface area (Å²) in [7, 11) is 4.23. The highest BCUT2D eigenvalue weighted by atomic mass is 79.9. The molecule has 20 heavy (non-hydrogen) atoms. The number of carbonyl (C=O) groups excluding carboxylic acids is 2. The summed E-state index contributed by atoms with van der Waals surface area (Å²) < 4.78 is 14.8. The zero-order valence-electron chi connectivity index (χ0n) is 11.4. The normalized spacial score (nSPS) is 11.4. The monoisotopic (exact) mass is 345 g/mol. The van der Waals surface area contributed by atoms with Crippen molar-refractivity contribution in [3.63, 3.8) is 0 Å². The lowest BCUT2D eigenvalue weighted by molar-refractivity contribution is -0.139. The summed E-state index contributed by atoms with van der Waals surface area (Å²) in [5.74, 6) is -0.0165. The average molecular weight is 346 g/mol. The number of amides is 1. The van der Waals surface area contributed by atoms with Crippen molar-refractivity contribution in [1.29, 1.82) is 0 Å². The highest BCUT2D eigenvalue weighted by molar-refractivity contribution is 9.10. The Kier molecular flexibility index (Phi) is 6.30. The minimum atomic E-state index is -0.604. The largest absolute Gasteiger partial charge is 0.493 e. The van der Waals surface area contributed by atoms with Crippen molar-refractivity contribution in [2.75, 3.05) is 27.9 Å². The van der Waals surface area contributed by atoms with Gasteiger partial charge in [-0.1, -0.05) is 22.0 Å². The molecule has 0 aliphatic heterocycles. The number of ether oxygens (including phenoxy) is 3. The van der Waals surface area contributed by atoms with Crippen LogP contribution >= 0.6 is 15.9 Å². The number of para-hydroxylation sites is 1. The molecule has 0 aliphatic rings. The second kappa shape index (κ2) is 7.74. The molecule has 0 spiro atoms. The maximum absolute atomic E-state index is 12.1.